The molecule has 3 heteroatoms. The van der Waals surface area contributed by atoms with E-state index < -0.39 is 0 Å². The fourth-order valence-corrected chi connectivity index (χ4v) is 2.67. The molecule has 0 unspecified atom stereocenters. The third-order valence-electron chi connectivity index (χ3n) is 3.66. The predicted molar refractivity (Wildman–Crippen MR) is 78.2 cm³/mol. The summed E-state index contributed by atoms with van der Waals surface area (Å²) in [6.07, 6.45) is 2.74. The van der Waals surface area contributed by atoms with Gasteiger partial charge in [-0.1, -0.05) is 30.3 Å². The van der Waals surface area contributed by atoms with Crippen molar-refractivity contribution in [1.82, 2.24) is 15.0 Å². The molecule has 0 aliphatic heterocycles. The largest absolute Gasteiger partial charge is 0.244 e. The van der Waals surface area contributed by atoms with Crippen LogP contribution in [0.5, 0.6) is 0 Å². The van der Waals surface area contributed by atoms with Gasteiger partial charge in [0.1, 0.15) is 5.69 Å². The molecule has 3 nitrogen and oxygen atoms in total. The van der Waals surface area contributed by atoms with E-state index >= 15 is 0 Å². The summed E-state index contributed by atoms with van der Waals surface area (Å²) in [5.74, 6) is 0.692. The van der Waals surface area contributed by atoms with Gasteiger partial charge in [-0.25, -0.2) is 15.0 Å². The van der Waals surface area contributed by atoms with Gasteiger partial charge in [0.25, 0.3) is 0 Å². The highest BCUT2D eigenvalue weighted by molar-refractivity contribution is 5.75. The molecule has 0 spiro atoms. The average Bonchev–Trinajstić information content (AvgIpc) is 2.85. The molecule has 0 saturated heterocycles. The summed E-state index contributed by atoms with van der Waals surface area (Å²) in [7, 11) is 0. The highest BCUT2D eigenvalue weighted by Gasteiger charge is 2.20. The lowest BCUT2D eigenvalue weighted by Gasteiger charge is -2.04. The molecule has 0 N–H and O–H groups in total. The number of nitrogens with zero attached hydrogens (tertiary/aromatic N) is 3. The van der Waals surface area contributed by atoms with Crippen molar-refractivity contribution < 1.29 is 0 Å². The highest BCUT2D eigenvalue weighted by atomic mass is 14.9. The van der Waals surface area contributed by atoms with Gasteiger partial charge in [0.2, 0.25) is 0 Å². The smallest absolute Gasteiger partial charge is 0.178 e. The van der Waals surface area contributed by atoms with E-state index in [1.807, 2.05) is 19.1 Å². The molecule has 2 heterocycles. The molecule has 0 atom stereocenters. The number of aromatic nitrogens is 3. The van der Waals surface area contributed by atoms with Crippen molar-refractivity contribution in [3.05, 3.63) is 65.5 Å². The first-order valence-corrected chi connectivity index (χ1v) is 6.69. The minimum absolute atomic E-state index is 0.692. The van der Waals surface area contributed by atoms with Gasteiger partial charge >= 0.3 is 0 Å². The third kappa shape index (κ3) is 1.71. The van der Waals surface area contributed by atoms with E-state index in [-0.39, 0.29) is 0 Å². The number of hydrogen-bond acceptors (Lipinski definition) is 3. The summed E-state index contributed by atoms with van der Waals surface area (Å²) in [5, 5.41) is 0. The molecular weight excluding hydrogens is 246 g/mol. The van der Waals surface area contributed by atoms with Crippen LogP contribution in [0, 0.1) is 6.92 Å². The maximum absolute atomic E-state index is 4.78. The quantitative estimate of drug-likeness (QED) is 0.525. The number of aryl methyl sites for hydroxylation is 1. The topological polar surface area (TPSA) is 38.7 Å². The van der Waals surface area contributed by atoms with E-state index in [1.54, 1.807) is 6.20 Å². The van der Waals surface area contributed by atoms with E-state index in [0.29, 0.717) is 5.82 Å². The molecule has 1 aliphatic rings. The van der Waals surface area contributed by atoms with Gasteiger partial charge in [-0.15, -0.1) is 0 Å². The van der Waals surface area contributed by atoms with Crippen LogP contribution in [0.1, 0.15) is 16.8 Å². The van der Waals surface area contributed by atoms with Crippen molar-refractivity contribution >= 4 is 0 Å². The molecule has 1 aliphatic carbocycles. The van der Waals surface area contributed by atoms with Crippen LogP contribution in [-0.2, 0) is 6.42 Å². The van der Waals surface area contributed by atoms with E-state index in [4.69, 9.17) is 4.98 Å². The van der Waals surface area contributed by atoms with Crippen LogP contribution < -0.4 is 0 Å². The van der Waals surface area contributed by atoms with E-state index in [0.717, 1.165) is 23.5 Å². The Labute approximate surface area is 117 Å². The minimum atomic E-state index is 0.692. The van der Waals surface area contributed by atoms with Crippen molar-refractivity contribution in [2.75, 3.05) is 0 Å². The van der Waals surface area contributed by atoms with Crippen molar-refractivity contribution in [3.8, 4) is 22.8 Å². The monoisotopic (exact) mass is 259 g/mol. The van der Waals surface area contributed by atoms with Crippen LogP contribution in [0.3, 0.4) is 0 Å². The second-order valence-corrected chi connectivity index (χ2v) is 5.06. The van der Waals surface area contributed by atoms with Crippen LogP contribution in [0.2, 0.25) is 0 Å². The first kappa shape index (κ1) is 11.3. The first-order chi connectivity index (χ1) is 9.81. The lowest BCUT2D eigenvalue weighted by atomic mass is 10.1. The molecular formula is C17H13N3. The maximum atomic E-state index is 4.78. The molecule has 20 heavy (non-hydrogen) atoms. The predicted octanol–water partition coefficient (Wildman–Crippen LogP) is 3.42. The number of pyridine rings is 1. The summed E-state index contributed by atoms with van der Waals surface area (Å²) in [4.78, 5) is 13.5. The van der Waals surface area contributed by atoms with Crippen LogP contribution in [-0.4, -0.2) is 15.0 Å². The molecule has 0 fully saturated rings. The van der Waals surface area contributed by atoms with Gasteiger partial charge < -0.3 is 0 Å². The van der Waals surface area contributed by atoms with Gasteiger partial charge in [-0.2, -0.15) is 0 Å². The van der Waals surface area contributed by atoms with Crippen molar-refractivity contribution in [2.45, 2.75) is 13.3 Å². The fraction of sp³-hybridized carbons (Fsp3) is 0.118. The Morgan fingerprint density at radius 2 is 1.80 bits per heavy atom. The Bertz CT molecular complexity index is 809. The Balaban J connectivity index is 1.88. The molecule has 2 aromatic heterocycles. The molecule has 4 rings (SSSR count). The second-order valence-electron chi connectivity index (χ2n) is 5.06. The summed E-state index contributed by atoms with van der Waals surface area (Å²) in [6, 6.07) is 14.5. The summed E-state index contributed by atoms with van der Waals surface area (Å²) in [5.41, 5.74) is 6.72. The molecule has 0 amide bonds. The highest BCUT2D eigenvalue weighted by Crippen LogP contribution is 2.35. The van der Waals surface area contributed by atoms with Crippen molar-refractivity contribution in [2.24, 2.45) is 0 Å². The van der Waals surface area contributed by atoms with Gasteiger partial charge in [0, 0.05) is 23.9 Å². The zero-order valence-electron chi connectivity index (χ0n) is 11.2. The lowest BCUT2D eigenvalue weighted by Crippen LogP contribution is -1.95. The normalized spacial score (nSPS) is 12.1. The average molecular weight is 259 g/mol. The lowest BCUT2D eigenvalue weighted by molar-refractivity contribution is 1.09. The van der Waals surface area contributed by atoms with Crippen LogP contribution >= 0.6 is 0 Å². The SMILES string of the molecule is Cc1ccnc(-c2ccc3c(n2)-c2ccccc2C3)n1. The minimum Gasteiger partial charge on any atom is -0.244 e. The zero-order chi connectivity index (χ0) is 13.5. The summed E-state index contributed by atoms with van der Waals surface area (Å²) >= 11 is 0. The van der Waals surface area contributed by atoms with Crippen molar-refractivity contribution in [1.29, 1.82) is 0 Å². The van der Waals surface area contributed by atoms with Crippen LogP contribution in [0.4, 0.5) is 0 Å². The molecule has 3 aromatic rings. The number of rotatable bonds is 1. The Kier molecular flexibility index (Phi) is 2.39. The number of hydrogen-bond donors (Lipinski definition) is 0. The van der Waals surface area contributed by atoms with Gasteiger partial charge in [0.05, 0.1) is 5.69 Å². The van der Waals surface area contributed by atoms with E-state index in [1.165, 1.54) is 16.7 Å². The number of benzene rings is 1. The Hall–Kier alpha value is -2.55. The van der Waals surface area contributed by atoms with Crippen molar-refractivity contribution in [3.63, 3.8) is 0 Å². The Morgan fingerprint density at radius 3 is 2.70 bits per heavy atom. The number of fused-ring (bicyclic) bond motifs is 3. The molecule has 1 aromatic carbocycles. The molecule has 0 bridgehead atoms. The van der Waals surface area contributed by atoms with Gasteiger partial charge in [-0.05, 0) is 30.2 Å². The second kappa shape index (κ2) is 4.23. The molecule has 0 saturated carbocycles. The summed E-state index contributed by atoms with van der Waals surface area (Å²) < 4.78 is 0. The maximum Gasteiger partial charge on any atom is 0.178 e. The third-order valence-corrected chi connectivity index (χ3v) is 3.66. The fourth-order valence-electron chi connectivity index (χ4n) is 2.67. The Morgan fingerprint density at radius 1 is 0.900 bits per heavy atom. The zero-order valence-corrected chi connectivity index (χ0v) is 11.2. The molecule has 96 valence electrons. The molecule has 0 radical (unpaired) electrons. The first-order valence-electron chi connectivity index (χ1n) is 6.69. The van der Waals surface area contributed by atoms with E-state index in [2.05, 4.69) is 40.3 Å². The summed E-state index contributed by atoms with van der Waals surface area (Å²) in [6.45, 7) is 1.97. The van der Waals surface area contributed by atoms with E-state index in [9.17, 15) is 0 Å². The van der Waals surface area contributed by atoms with Crippen LogP contribution in [0.25, 0.3) is 22.8 Å². The van der Waals surface area contributed by atoms with Crippen LogP contribution in [0.15, 0.2) is 48.7 Å². The standard InChI is InChI=1S/C17H13N3/c1-11-8-9-18-17(19-11)15-7-6-13-10-12-4-2-3-5-14(12)16(13)20-15/h2-9H,10H2,1H3. The van der Waals surface area contributed by atoms with Gasteiger partial charge in [-0.3, -0.25) is 0 Å². The van der Waals surface area contributed by atoms with Gasteiger partial charge in [0.15, 0.2) is 5.82 Å².